The van der Waals surface area contributed by atoms with Gasteiger partial charge in [-0.1, -0.05) is 18.2 Å². The molecule has 7 nitrogen and oxygen atoms in total. The van der Waals surface area contributed by atoms with Gasteiger partial charge in [-0.15, -0.1) is 0 Å². The molecule has 8 heteroatoms. The first-order valence-corrected chi connectivity index (χ1v) is 10.8. The molecule has 4 rings (SSSR count). The van der Waals surface area contributed by atoms with Crippen LogP contribution in [0.3, 0.4) is 0 Å². The summed E-state index contributed by atoms with van der Waals surface area (Å²) in [7, 11) is -3.70. The van der Waals surface area contributed by atoms with Crippen LogP contribution >= 0.6 is 0 Å². The molecule has 0 spiro atoms. The number of rotatable bonds is 3. The van der Waals surface area contributed by atoms with Crippen LogP contribution in [0.15, 0.2) is 41.4 Å². The normalized spacial score (nSPS) is 22.1. The maximum Gasteiger partial charge on any atom is 0.245 e. The van der Waals surface area contributed by atoms with Crippen molar-refractivity contribution < 1.29 is 13.2 Å². The molecule has 1 aromatic carbocycles. The van der Waals surface area contributed by atoms with E-state index < -0.39 is 10.0 Å². The first-order valence-electron chi connectivity index (χ1n) is 9.41. The Balaban J connectivity index is 1.59. The van der Waals surface area contributed by atoms with Gasteiger partial charge in [-0.05, 0) is 25.0 Å². The third kappa shape index (κ3) is 3.56. The van der Waals surface area contributed by atoms with Crippen molar-refractivity contribution in [2.24, 2.45) is 5.92 Å². The van der Waals surface area contributed by atoms with Gasteiger partial charge in [-0.25, -0.2) is 8.42 Å². The number of hydrogen-bond acceptors (Lipinski definition) is 5. The molecular weight excluding hydrogens is 364 g/mol. The SMILES string of the molecule is O=C(C1CCCN(S(=O)(=O)c2cccc3cccnc23)C1)N1CCNCC1. The fourth-order valence-corrected chi connectivity index (χ4v) is 5.62. The maximum atomic E-state index is 13.3. The highest BCUT2D eigenvalue weighted by molar-refractivity contribution is 7.89. The highest BCUT2D eigenvalue weighted by Gasteiger charge is 2.36. The minimum atomic E-state index is -3.70. The average Bonchev–Trinajstić information content (AvgIpc) is 2.73. The van der Waals surface area contributed by atoms with Gasteiger partial charge in [0, 0.05) is 50.9 Å². The van der Waals surface area contributed by atoms with E-state index in [0.29, 0.717) is 31.6 Å². The molecule has 3 heterocycles. The second kappa shape index (κ2) is 7.53. The lowest BCUT2D eigenvalue weighted by Gasteiger charge is -2.36. The molecule has 2 saturated heterocycles. The number of para-hydroxylation sites is 1. The monoisotopic (exact) mass is 388 g/mol. The van der Waals surface area contributed by atoms with E-state index in [1.54, 1.807) is 24.4 Å². The highest BCUT2D eigenvalue weighted by atomic mass is 32.2. The van der Waals surface area contributed by atoms with Crippen molar-refractivity contribution in [3.05, 3.63) is 36.5 Å². The standard InChI is InChI=1S/C19H24N4O3S/c24-19(22-12-9-20-10-13-22)16-6-3-11-23(14-16)27(25,26)17-7-1-4-15-5-2-8-21-18(15)17/h1-2,4-5,7-8,16,20H,3,6,9-14H2. The third-order valence-corrected chi connectivity index (χ3v) is 7.27. The minimum Gasteiger partial charge on any atom is -0.340 e. The Morgan fingerprint density at radius 3 is 2.70 bits per heavy atom. The van der Waals surface area contributed by atoms with Gasteiger partial charge in [0.25, 0.3) is 0 Å². The topological polar surface area (TPSA) is 82.6 Å². The summed E-state index contributed by atoms with van der Waals surface area (Å²) in [6.45, 7) is 3.65. The largest absolute Gasteiger partial charge is 0.340 e. The molecule has 1 N–H and O–H groups in total. The zero-order chi connectivity index (χ0) is 18.9. The third-order valence-electron chi connectivity index (χ3n) is 5.38. The minimum absolute atomic E-state index is 0.0763. The first-order chi connectivity index (χ1) is 13.1. The first kappa shape index (κ1) is 18.3. The number of amides is 1. The predicted molar refractivity (Wildman–Crippen MR) is 103 cm³/mol. The van der Waals surface area contributed by atoms with Gasteiger partial charge in [-0.2, -0.15) is 4.31 Å². The summed E-state index contributed by atoms with van der Waals surface area (Å²) in [5, 5.41) is 4.03. The molecule has 2 aliphatic rings. The summed E-state index contributed by atoms with van der Waals surface area (Å²) in [4.78, 5) is 19.2. The van der Waals surface area contributed by atoms with Crippen LogP contribution in [0.1, 0.15) is 12.8 Å². The van der Waals surface area contributed by atoms with Crippen LogP contribution in [-0.2, 0) is 14.8 Å². The molecule has 27 heavy (non-hydrogen) atoms. The lowest BCUT2D eigenvalue weighted by atomic mass is 9.98. The molecular formula is C19H24N4O3S. The number of piperazine rings is 1. The van der Waals surface area contributed by atoms with E-state index in [9.17, 15) is 13.2 Å². The molecule has 2 aliphatic heterocycles. The lowest BCUT2D eigenvalue weighted by Crippen LogP contribution is -2.51. The Kier molecular flexibility index (Phi) is 5.12. The van der Waals surface area contributed by atoms with E-state index in [1.165, 1.54) is 4.31 Å². The molecule has 0 aliphatic carbocycles. The van der Waals surface area contributed by atoms with Crippen molar-refractivity contribution in [2.45, 2.75) is 17.7 Å². The van der Waals surface area contributed by atoms with E-state index in [0.717, 1.165) is 24.9 Å². The second-order valence-electron chi connectivity index (χ2n) is 7.11. The number of carbonyl (C=O) groups is 1. The predicted octanol–water partition coefficient (Wildman–Crippen LogP) is 1.07. The average molecular weight is 388 g/mol. The van der Waals surface area contributed by atoms with Crippen LogP contribution in [-0.4, -0.2) is 67.8 Å². The molecule has 144 valence electrons. The summed E-state index contributed by atoms with van der Waals surface area (Å²) in [5.74, 6) is -0.193. The van der Waals surface area contributed by atoms with Gasteiger partial charge in [-0.3, -0.25) is 9.78 Å². The number of nitrogens with zero attached hydrogens (tertiary/aromatic N) is 3. The zero-order valence-corrected chi connectivity index (χ0v) is 16.0. The fraction of sp³-hybridized carbons (Fsp3) is 0.474. The number of benzene rings is 1. The smallest absolute Gasteiger partial charge is 0.245 e. The van der Waals surface area contributed by atoms with Crippen LogP contribution < -0.4 is 5.32 Å². The van der Waals surface area contributed by atoms with E-state index in [2.05, 4.69) is 10.3 Å². The number of fused-ring (bicyclic) bond motifs is 1. The van der Waals surface area contributed by atoms with E-state index >= 15 is 0 Å². The molecule has 0 radical (unpaired) electrons. The van der Waals surface area contributed by atoms with Crippen LogP contribution in [0.2, 0.25) is 0 Å². The molecule has 1 unspecified atom stereocenters. The number of nitrogens with one attached hydrogen (secondary N) is 1. The van der Waals surface area contributed by atoms with E-state index in [4.69, 9.17) is 0 Å². The van der Waals surface area contributed by atoms with Crippen molar-refractivity contribution in [3.63, 3.8) is 0 Å². The summed E-state index contributed by atoms with van der Waals surface area (Å²) >= 11 is 0. The summed E-state index contributed by atoms with van der Waals surface area (Å²) in [6.07, 6.45) is 3.04. The van der Waals surface area contributed by atoms with Gasteiger partial charge in [0.2, 0.25) is 15.9 Å². The van der Waals surface area contributed by atoms with Gasteiger partial charge in [0.1, 0.15) is 4.90 Å². The van der Waals surface area contributed by atoms with Gasteiger partial charge >= 0.3 is 0 Å². The number of sulfonamides is 1. The zero-order valence-electron chi connectivity index (χ0n) is 15.2. The Morgan fingerprint density at radius 2 is 1.89 bits per heavy atom. The number of hydrogen-bond donors (Lipinski definition) is 1. The van der Waals surface area contributed by atoms with Crippen molar-refractivity contribution >= 4 is 26.8 Å². The quantitative estimate of drug-likeness (QED) is 0.850. The summed E-state index contributed by atoms with van der Waals surface area (Å²) in [5.41, 5.74) is 0.482. The summed E-state index contributed by atoms with van der Waals surface area (Å²) < 4.78 is 28.1. The van der Waals surface area contributed by atoms with E-state index in [1.807, 2.05) is 17.0 Å². The molecule has 1 amide bonds. The fourth-order valence-electron chi connectivity index (χ4n) is 3.93. The van der Waals surface area contributed by atoms with Crippen molar-refractivity contribution in [1.29, 1.82) is 0 Å². The van der Waals surface area contributed by atoms with Crippen LogP contribution in [0.4, 0.5) is 0 Å². The molecule has 1 aromatic heterocycles. The lowest BCUT2D eigenvalue weighted by molar-refractivity contribution is -0.137. The Morgan fingerprint density at radius 1 is 1.11 bits per heavy atom. The molecule has 0 bridgehead atoms. The number of aromatic nitrogens is 1. The van der Waals surface area contributed by atoms with Crippen LogP contribution in [0.25, 0.3) is 10.9 Å². The Labute approximate surface area is 159 Å². The van der Waals surface area contributed by atoms with Gasteiger partial charge < -0.3 is 10.2 Å². The van der Waals surface area contributed by atoms with Gasteiger partial charge in [0.15, 0.2) is 0 Å². The molecule has 1 atom stereocenters. The van der Waals surface area contributed by atoms with Crippen molar-refractivity contribution in [1.82, 2.24) is 19.5 Å². The van der Waals surface area contributed by atoms with Crippen molar-refractivity contribution in [2.75, 3.05) is 39.3 Å². The summed E-state index contributed by atoms with van der Waals surface area (Å²) in [6, 6.07) is 8.85. The maximum absolute atomic E-state index is 13.3. The molecule has 2 fully saturated rings. The van der Waals surface area contributed by atoms with Crippen LogP contribution in [0.5, 0.6) is 0 Å². The second-order valence-corrected chi connectivity index (χ2v) is 9.02. The molecule has 0 saturated carbocycles. The highest BCUT2D eigenvalue weighted by Crippen LogP contribution is 2.28. The van der Waals surface area contributed by atoms with Crippen molar-refractivity contribution in [3.8, 4) is 0 Å². The molecule has 2 aromatic rings. The number of piperidine rings is 1. The van der Waals surface area contributed by atoms with Crippen LogP contribution in [0, 0.1) is 5.92 Å². The number of carbonyl (C=O) groups excluding carboxylic acids is 1. The Hall–Kier alpha value is -2.03. The number of pyridine rings is 1. The van der Waals surface area contributed by atoms with E-state index in [-0.39, 0.29) is 23.3 Å². The Bertz CT molecular complexity index is 936. The van der Waals surface area contributed by atoms with Gasteiger partial charge in [0.05, 0.1) is 11.4 Å².